The van der Waals surface area contributed by atoms with Gasteiger partial charge in [-0.15, -0.1) is 0 Å². The normalized spacial score (nSPS) is 19.5. The minimum Gasteiger partial charge on any atom is -0.378 e. The van der Waals surface area contributed by atoms with E-state index < -0.39 is 0 Å². The molecule has 27 heavy (non-hydrogen) atoms. The van der Waals surface area contributed by atoms with E-state index in [1.165, 1.54) is 31.7 Å². The van der Waals surface area contributed by atoms with Crippen LogP contribution >= 0.6 is 11.6 Å². The molecule has 3 rings (SSSR count). The molecule has 2 fully saturated rings. The molecule has 0 unspecified atom stereocenters. The van der Waals surface area contributed by atoms with Gasteiger partial charge in [0.25, 0.3) is 0 Å². The zero-order valence-corrected chi connectivity index (χ0v) is 16.6. The van der Waals surface area contributed by atoms with Crippen LogP contribution in [0.2, 0.25) is 5.02 Å². The first-order valence-electron chi connectivity index (χ1n) is 10.2. The van der Waals surface area contributed by atoms with E-state index in [4.69, 9.17) is 16.3 Å². The number of hydrogen-bond donors (Lipinski definition) is 1. The number of nitrogens with one attached hydrogen (secondary N) is 1. The lowest BCUT2D eigenvalue weighted by molar-refractivity contribution is -0.126. The topological polar surface area (TPSA) is 41.6 Å². The van der Waals surface area contributed by atoms with Crippen molar-refractivity contribution in [3.63, 3.8) is 0 Å². The average molecular weight is 397 g/mol. The van der Waals surface area contributed by atoms with Crippen LogP contribution in [0.3, 0.4) is 0 Å². The molecule has 0 bridgehead atoms. The van der Waals surface area contributed by atoms with Gasteiger partial charge >= 0.3 is 0 Å². The SMILES string of the molecule is O=C(NCCCOC1CCCC1)C1CCN(Cc2ccc(Cl)cc2F)CC1. The number of hydrogen-bond acceptors (Lipinski definition) is 3. The Kier molecular flexibility index (Phi) is 7.92. The maximum atomic E-state index is 13.9. The second-order valence-electron chi connectivity index (χ2n) is 7.71. The van der Waals surface area contributed by atoms with Gasteiger partial charge in [-0.2, -0.15) is 0 Å². The fraction of sp³-hybridized carbons (Fsp3) is 0.667. The number of benzene rings is 1. The Bertz CT molecular complexity index is 614. The predicted molar refractivity (Wildman–Crippen MR) is 105 cm³/mol. The Morgan fingerprint density at radius 2 is 1.96 bits per heavy atom. The minimum atomic E-state index is -0.262. The van der Waals surface area contributed by atoms with Crippen LogP contribution in [0.15, 0.2) is 18.2 Å². The van der Waals surface area contributed by atoms with Crippen molar-refractivity contribution in [3.05, 3.63) is 34.6 Å². The lowest BCUT2D eigenvalue weighted by Gasteiger charge is -2.31. The Hall–Kier alpha value is -1.17. The van der Waals surface area contributed by atoms with Gasteiger partial charge < -0.3 is 10.1 Å². The predicted octanol–water partition coefficient (Wildman–Crippen LogP) is 4.16. The van der Waals surface area contributed by atoms with Gasteiger partial charge in [-0.1, -0.05) is 30.5 Å². The van der Waals surface area contributed by atoms with E-state index >= 15 is 0 Å². The molecule has 1 N–H and O–H groups in total. The summed E-state index contributed by atoms with van der Waals surface area (Å²) in [6.45, 7) is 3.60. The van der Waals surface area contributed by atoms with Crippen LogP contribution < -0.4 is 5.32 Å². The summed E-state index contributed by atoms with van der Waals surface area (Å²) in [5.74, 6) is -0.0533. The summed E-state index contributed by atoms with van der Waals surface area (Å²) in [4.78, 5) is 14.5. The fourth-order valence-corrected chi connectivity index (χ4v) is 4.14. The number of nitrogens with zero attached hydrogens (tertiary/aromatic N) is 1. The van der Waals surface area contributed by atoms with Gasteiger partial charge in [0.2, 0.25) is 5.91 Å². The van der Waals surface area contributed by atoms with Crippen LogP contribution in [0.4, 0.5) is 4.39 Å². The summed E-state index contributed by atoms with van der Waals surface area (Å²) in [5, 5.41) is 3.46. The standard InChI is InChI=1S/C21H30ClFN2O2/c22-18-7-6-17(20(23)14-18)15-25-11-8-16(9-12-25)21(26)24-10-3-13-27-19-4-1-2-5-19/h6-7,14,16,19H,1-5,8-13,15H2,(H,24,26). The number of carbonyl (C=O) groups is 1. The lowest BCUT2D eigenvalue weighted by Crippen LogP contribution is -2.40. The summed E-state index contributed by atoms with van der Waals surface area (Å²) in [6, 6.07) is 4.81. The second-order valence-corrected chi connectivity index (χ2v) is 8.14. The molecule has 4 nitrogen and oxygen atoms in total. The summed E-state index contributed by atoms with van der Waals surface area (Å²) in [7, 11) is 0. The number of piperidine rings is 1. The summed E-state index contributed by atoms with van der Waals surface area (Å²) >= 11 is 5.80. The van der Waals surface area contributed by atoms with Crippen LogP contribution in [0.1, 0.15) is 50.5 Å². The van der Waals surface area contributed by atoms with E-state index in [0.717, 1.165) is 39.0 Å². The van der Waals surface area contributed by atoms with Crippen molar-refractivity contribution < 1.29 is 13.9 Å². The summed E-state index contributed by atoms with van der Waals surface area (Å²) < 4.78 is 19.7. The maximum absolute atomic E-state index is 13.9. The molecule has 150 valence electrons. The smallest absolute Gasteiger partial charge is 0.223 e. The monoisotopic (exact) mass is 396 g/mol. The molecule has 1 saturated heterocycles. The van der Waals surface area contributed by atoms with Gasteiger partial charge in [0, 0.05) is 36.2 Å². The lowest BCUT2D eigenvalue weighted by atomic mass is 9.95. The number of likely N-dealkylation sites (tertiary alicyclic amines) is 1. The van der Waals surface area contributed by atoms with Crippen LogP contribution in [-0.4, -0.2) is 43.2 Å². The van der Waals surface area contributed by atoms with E-state index in [2.05, 4.69) is 10.2 Å². The summed E-state index contributed by atoms with van der Waals surface area (Å²) in [6.07, 6.45) is 7.89. The Balaban J connectivity index is 1.30. The van der Waals surface area contributed by atoms with Crippen molar-refractivity contribution in [2.45, 2.75) is 57.6 Å². The van der Waals surface area contributed by atoms with Crippen LogP contribution in [0, 0.1) is 11.7 Å². The van der Waals surface area contributed by atoms with Crippen LogP contribution in [0.5, 0.6) is 0 Å². The molecule has 1 amide bonds. The van der Waals surface area contributed by atoms with E-state index in [9.17, 15) is 9.18 Å². The molecule has 2 aliphatic rings. The van der Waals surface area contributed by atoms with Crippen molar-refractivity contribution in [2.24, 2.45) is 5.92 Å². The molecule has 1 aliphatic carbocycles. The van der Waals surface area contributed by atoms with Crippen molar-refractivity contribution >= 4 is 17.5 Å². The molecule has 1 aromatic carbocycles. The van der Waals surface area contributed by atoms with Gasteiger partial charge in [0.1, 0.15) is 5.82 Å². The van der Waals surface area contributed by atoms with Crippen molar-refractivity contribution in [1.29, 1.82) is 0 Å². The molecule has 0 spiro atoms. The number of amides is 1. The van der Waals surface area contributed by atoms with Crippen molar-refractivity contribution in [2.75, 3.05) is 26.2 Å². The molecule has 1 saturated carbocycles. The number of ether oxygens (including phenoxy) is 1. The van der Waals surface area contributed by atoms with Gasteiger partial charge in [0.05, 0.1) is 6.10 Å². The fourth-order valence-electron chi connectivity index (χ4n) is 3.98. The summed E-state index contributed by atoms with van der Waals surface area (Å²) in [5.41, 5.74) is 0.657. The van der Waals surface area contributed by atoms with E-state index in [0.29, 0.717) is 29.8 Å². The first-order valence-corrected chi connectivity index (χ1v) is 10.5. The Labute approximate surface area is 166 Å². The van der Waals surface area contributed by atoms with Crippen LogP contribution in [-0.2, 0) is 16.1 Å². The molecular weight excluding hydrogens is 367 g/mol. The number of carbonyl (C=O) groups excluding carboxylic acids is 1. The van der Waals surface area contributed by atoms with Gasteiger partial charge in [0.15, 0.2) is 0 Å². The number of rotatable bonds is 8. The van der Waals surface area contributed by atoms with Crippen molar-refractivity contribution in [1.82, 2.24) is 10.2 Å². The van der Waals surface area contributed by atoms with E-state index in [1.54, 1.807) is 12.1 Å². The van der Waals surface area contributed by atoms with Crippen molar-refractivity contribution in [3.8, 4) is 0 Å². The molecular formula is C21H30ClFN2O2. The van der Waals surface area contributed by atoms with Gasteiger partial charge in [-0.3, -0.25) is 9.69 Å². The molecule has 0 radical (unpaired) electrons. The third kappa shape index (κ3) is 6.44. The van der Waals surface area contributed by atoms with Crippen LogP contribution in [0.25, 0.3) is 0 Å². The molecule has 1 aliphatic heterocycles. The van der Waals surface area contributed by atoms with E-state index in [-0.39, 0.29) is 17.6 Å². The Morgan fingerprint density at radius 3 is 2.67 bits per heavy atom. The average Bonchev–Trinajstić information content (AvgIpc) is 3.18. The third-order valence-electron chi connectivity index (χ3n) is 5.64. The van der Waals surface area contributed by atoms with Gasteiger partial charge in [-0.05, 0) is 57.3 Å². The molecule has 1 aromatic rings. The molecule has 0 atom stereocenters. The number of halogens is 2. The van der Waals surface area contributed by atoms with Gasteiger partial charge in [-0.25, -0.2) is 4.39 Å². The first-order chi connectivity index (χ1) is 13.1. The largest absolute Gasteiger partial charge is 0.378 e. The highest BCUT2D eigenvalue weighted by Crippen LogP contribution is 2.22. The molecule has 6 heteroatoms. The first kappa shape index (κ1) is 20.6. The molecule has 1 heterocycles. The Morgan fingerprint density at radius 1 is 1.22 bits per heavy atom. The zero-order valence-electron chi connectivity index (χ0n) is 15.9. The highest BCUT2D eigenvalue weighted by atomic mass is 35.5. The maximum Gasteiger partial charge on any atom is 0.223 e. The van der Waals surface area contributed by atoms with E-state index in [1.807, 2.05) is 0 Å². The highest BCUT2D eigenvalue weighted by Gasteiger charge is 2.25. The molecule has 0 aromatic heterocycles. The zero-order chi connectivity index (χ0) is 19.1. The second kappa shape index (κ2) is 10.4. The highest BCUT2D eigenvalue weighted by molar-refractivity contribution is 6.30. The quantitative estimate of drug-likeness (QED) is 0.671. The third-order valence-corrected chi connectivity index (χ3v) is 5.88. The minimum absolute atomic E-state index is 0.0621.